The number of aliphatic imine (C=N–C) groups is 1. The predicted molar refractivity (Wildman–Crippen MR) is 69.0 cm³/mol. The molecule has 1 amide bonds. The lowest BCUT2D eigenvalue weighted by Gasteiger charge is -2.46. The number of aliphatic hydroxyl groups is 1. The van der Waals surface area contributed by atoms with Gasteiger partial charge in [0, 0.05) is 6.54 Å². The monoisotopic (exact) mass is 285 g/mol. The maximum Gasteiger partial charge on any atom is 0.404 e. The van der Waals surface area contributed by atoms with Crippen molar-refractivity contribution in [3.63, 3.8) is 0 Å². The maximum absolute atomic E-state index is 10.8. The van der Waals surface area contributed by atoms with Crippen molar-refractivity contribution in [3.05, 3.63) is 0 Å². The van der Waals surface area contributed by atoms with Gasteiger partial charge in [-0.1, -0.05) is 0 Å². The van der Waals surface area contributed by atoms with Crippen molar-refractivity contribution < 1.29 is 14.6 Å². The zero-order chi connectivity index (χ0) is 14.5. The van der Waals surface area contributed by atoms with Crippen LogP contribution in [0.2, 0.25) is 0 Å². The lowest BCUT2D eigenvalue weighted by molar-refractivity contribution is 0.0105. The molecule has 3 heterocycles. The third-order valence-corrected chi connectivity index (χ3v) is 4.16. The molecule has 0 aliphatic carbocycles. The molecule has 20 heavy (non-hydrogen) atoms. The predicted octanol–water partition coefficient (Wildman–Crippen LogP) is -3.65. The molecule has 0 aromatic rings. The van der Waals surface area contributed by atoms with Crippen LogP contribution in [-0.4, -0.2) is 65.4 Å². The van der Waals surface area contributed by atoms with E-state index in [2.05, 4.69) is 15.6 Å². The van der Waals surface area contributed by atoms with Crippen LogP contribution >= 0.6 is 0 Å². The van der Waals surface area contributed by atoms with E-state index in [0.717, 1.165) is 0 Å². The van der Waals surface area contributed by atoms with Gasteiger partial charge in [0.15, 0.2) is 5.96 Å². The van der Waals surface area contributed by atoms with Gasteiger partial charge >= 0.3 is 6.09 Å². The number of nitrogens with one attached hydrogen (secondary N) is 2. The molecule has 2 saturated heterocycles. The largest absolute Gasteiger partial charge is 0.447 e. The molecule has 2 fully saturated rings. The first kappa shape index (κ1) is 13.4. The molecule has 0 bridgehead atoms. The Morgan fingerprint density at radius 2 is 2.40 bits per heavy atom. The summed E-state index contributed by atoms with van der Waals surface area (Å²) in [6, 6.07) is -0.797. The normalized spacial score (nSPS) is 42.9. The average molecular weight is 285 g/mol. The van der Waals surface area contributed by atoms with E-state index < -0.39 is 30.2 Å². The summed E-state index contributed by atoms with van der Waals surface area (Å²) in [7, 11) is 0. The van der Waals surface area contributed by atoms with Crippen LogP contribution < -0.4 is 27.8 Å². The molecule has 0 aromatic carbocycles. The molecule has 1 spiro atoms. The summed E-state index contributed by atoms with van der Waals surface area (Å²) >= 11 is 0. The van der Waals surface area contributed by atoms with E-state index in [9.17, 15) is 9.90 Å². The van der Waals surface area contributed by atoms with E-state index in [0.29, 0.717) is 18.9 Å². The summed E-state index contributed by atoms with van der Waals surface area (Å²) in [5.74, 6) is 0.291. The molecule has 5 atom stereocenters. The second kappa shape index (κ2) is 4.45. The van der Waals surface area contributed by atoms with E-state index in [1.807, 2.05) is 4.90 Å². The molecular formula is C10H19N7O3. The van der Waals surface area contributed by atoms with Crippen LogP contribution in [0.25, 0.3) is 0 Å². The van der Waals surface area contributed by atoms with Gasteiger partial charge in [-0.15, -0.1) is 0 Å². The van der Waals surface area contributed by atoms with Crippen LogP contribution in [0, 0.1) is 0 Å². The average Bonchev–Trinajstić information content (AvgIpc) is 2.88. The summed E-state index contributed by atoms with van der Waals surface area (Å²) in [5, 5.41) is 16.6. The first-order chi connectivity index (χ1) is 9.45. The number of ether oxygens (including phenoxy) is 1. The number of nitrogens with zero attached hydrogens (tertiary/aromatic N) is 2. The van der Waals surface area contributed by atoms with Crippen LogP contribution in [0.1, 0.15) is 6.42 Å². The Hall–Kier alpha value is -1.62. The summed E-state index contributed by atoms with van der Waals surface area (Å²) in [6.07, 6.45) is -1.49. The van der Waals surface area contributed by atoms with E-state index in [4.69, 9.17) is 21.9 Å². The van der Waals surface area contributed by atoms with Crippen molar-refractivity contribution >= 4 is 12.1 Å². The van der Waals surface area contributed by atoms with Crippen molar-refractivity contribution in [1.29, 1.82) is 0 Å². The highest BCUT2D eigenvalue weighted by atomic mass is 16.5. The Balaban J connectivity index is 1.93. The Bertz CT molecular complexity index is 458. The topological polar surface area (TPSA) is 164 Å². The van der Waals surface area contributed by atoms with Gasteiger partial charge in [-0.2, -0.15) is 0 Å². The van der Waals surface area contributed by atoms with E-state index in [-0.39, 0.29) is 12.6 Å². The fourth-order valence-electron chi connectivity index (χ4n) is 3.41. The van der Waals surface area contributed by atoms with Crippen molar-refractivity contribution in [2.24, 2.45) is 22.2 Å². The van der Waals surface area contributed by atoms with E-state index in [1.165, 1.54) is 0 Å². The smallest absolute Gasteiger partial charge is 0.404 e. The fourth-order valence-corrected chi connectivity index (χ4v) is 3.41. The molecule has 3 aliphatic rings. The second-order valence-electron chi connectivity index (χ2n) is 5.23. The van der Waals surface area contributed by atoms with Gasteiger partial charge in [-0.05, 0) is 6.42 Å². The highest BCUT2D eigenvalue weighted by molar-refractivity contribution is 5.81. The molecular weight excluding hydrogens is 266 g/mol. The number of guanidine groups is 1. The number of carbonyl (C=O) groups excluding carboxylic acids is 1. The van der Waals surface area contributed by atoms with Gasteiger partial charge in [0.2, 0.25) is 0 Å². The van der Waals surface area contributed by atoms with Crippen molar-refractivity contribution in [1.82, 2.24) is 15.5 Å². The van der Waals surface area contributed by atoms with Gasteiger partial charge in [-0.3, -0.25) is 10.6 Å². The summed E-state index contributed by atoms with van der Waals surface area (Å²) < 4.78 is 4.82. The van der Waals surface area contributed by atoms with Crippen molar-refractivity contribution in [2.45, 2.75) is 36.6 Å². The van der Waals surface area contributed by atoms with Gasteiger partial charge in [0.1, 0.15) is 24.6 Å². The van der Waals surface area contributed by atoms with Crippen LogP contribution in [0.3, 0.4) is 0 Å². The Kier molecular flexibility index (Phi) is 2.97. The Morgan fingerprint density at radius 3 is 3.10 bits per heavy atom. The van der Waals surface area contributed by atoms with Gasteiger partial charge in [0.25, 0.3) is 0 Å². The van der Waals surface area contributed by atoms with Gasteiger partial charge in [0.05, 0.1) is 12.1 Å². The number of rotatable bonds is 2. The Labute approximate surface area is 115 Å². The van der Waals surface area contributed by atoms with Gasteiger partial charge in [-0.25, -0.2) is 9.79 Å². The van der Waals surface area contributed by atoms with E-state index >= 15 is 0 Å². The molecule has 10 nitrogen and oxygen atoms in total. The second-order valence-corrected chi connectivity index (χ2v) is 5.23. The molecule has 0 radical (unpaired) electrons. The van der Waals surface area contributed by atoms with Crippen LogP contribution in [-0.2, 0) is 4.74 Å². The zero-order valence-corrected chi connectivity index (χ0v) is 10.8. The Morgan fingerprint density at radius 1 is 1.65 bits per heavy atom. The first-order valence-electron chi connectivity index (χ1n) is 6.45. The number of amides is 1. The fraction of sp³-hybridized carbons (Fsp3) is 0.800. The maximum atomic E-state index is 10.8. The number of hydrogen-bond acceptors (Lipinski definition) is 9. The molecule has 112 valence electrons. The molecule has 0 saturated carbocycles. The van der Waals surface area contributed by atoms with Crippen molar-refractivity contribution in [3.8, 4) is 0 Å². The summed E-state index contributed by atoms with van der Waals surface area (Å²) in [5.41, 5.74) is 16.0. The highest BCUT2D eigenvalue weighted by Crippen LogP contribution is 2.38. The minimum Gasteiger partial charge on any atom is -0.447 e. The van der Waals surface area contributed by atoms with Crippen LogP contribution in [0.15, 0.2) is 4.99 Å². The van der Waals surface area contributed by atoms with Crippen molar-refractivity contribution in [2.75, 3.05) is 13.2 Å². The lowest BCUT2D eigenvalue weighted by Crippen LogP contribution is -2.72. The van der Waals surface area contributed by atoms with Crippen LogP contribution in [0.4, 0.5) is 4.79 Å². The zero-order valence-electron chi connectivity index (χ0n) is 10.8. The number of hydrogen-bond donors (Lipinski definition) is 6. The van der Waals surface area contributed by atoms with Crippen LogP contribution in [0.5, 0.6) is 0 Å². The standard InChI is InChI=1S/C10H19N7O3/c11-7-15-6-4(3-20-9(13)19)14-8(12)17-2-1-5(18)10(6,17)16-7/h4-7,15-16,18H,1-3,11H2,(H2,12,14)(H2,13,19)/t4-,5-,6-,7?,10+/m0/s1. The van der Waals surface area contributed by atoms with E-state index in [1.54, 1.807) is 0 Å². The molecule has 10 heteroatoms. The number of primary amides is 1. The molecule has 0 aromatic heterocycles. The number of aliphatic hydroxyl groups excluding tert-OH is 1. The first-order valence-corrected chi connectivity index (χ1v) is 6.45. The minimum atomic E-state index is -0.877. The molecule has 9 N–H and O–H groups in total. The lowest BCUT2D eigenvalue weighted by atomic mass is 9.89. The quantitative estimate of drug-likeness (QED) is 0.302. The molecule has 1 unspecified atom stereocenters. The third-order valence-electron chi connectivity index (χ3n) is 4.16. The van der Waals surface area contributed by atoms with Gasteiger partial charge < -0.3 is 31.9 Å². The third kappa shape index (κ3) is 1.73. The SMILES string of the molecule is NC(=O)OC[C@@H]1N=C(N)N2CC[C@H](O)[C@@]23NC(N)N[C@@H]13. The molecule has 3 rings (SSSR count). The summed E-state index contributed by atoms with van der Waals surface area (Å²) in [4.78, 5) is 16.9. The number of carbonyl (C=O) groups is 1. The highest BCUT2D eigenvalue weighted by Gasteiger charge is 2.62. The molecule has 3 aliphatic heterocycles. The number of nitrogens with two attached hydrogens (primary N) is 3. The minimum absolute atomic E-state index is 0.0234. The summed E-state index contributed by atoms with van der Waals surface area (Å²) in [6.45, 7) is 0.558.